The lowest BCUT2D eigenvalue weighted by Gasteiger charge is -2.12. The highest BCUT2D eigenvalue weighted by molar-refractivity contribution is 6.00. The summed E-state index contributed by atoms with van der Waals surface area (Å²) in [5.74, 6) is -0.284. The maximum atomic E-state index is 13.6. The van der Waals surface area contributed by atoms with Crippen molar-refractivity contribution in [3.05, 3.63) is 70.8 Å². The first kappa shape index (κ1) is 20.5. The molecule has 10 nitrogen and oxygen atoms in total. The van der Waals surface area contributed by atoms with E-state index in [2.05, 4.69) is 31.0 Å². The Balaban J connectivity index is 1.52. The van der Waals surface area contributed by atoms with Crippen LogP contribution in [0.1, 0.15) is 16.8 Å². The van der Waals surface area contributed by atoms with Crippen molar-refractivity contribution in [2.75, 3.05) is 17.7 Å². The number of nitrogens with one attached hydrogen (secondary N) is 3. The van der Waals surface area contributed by atoms with E-state index < -0.39 is 29.5 Å². The van der Waals surface area contributed by atoms with E-state index in [-0.39, 0.29) is 34.8 Å². The Morgan fingerprint density at radius 3 is 2.79 bits per heavy atom. The quantitative estimate of drug-likeness (QED) is 0.410. The highest BCUT2D eigenvalue weighted by Gasteiger charge is 2.39. The minimum Gasteiger partial charge on any atom is -0.373 e. The second-order valence-corrected chi connectivity index (χ2v) is 7.49. The largest absolute Gasteiger partial charge is 0.373 e. The number of anilines is 3. The Hall–Kier alpha value is -4.35. The number of nitrogens with zero attached hydrogens (tertiary/aromatic N) is 5. The number of fused-ring (bicyclic) bond motifs is 1. The molecule has 1 amide bonds. The summed E-state index contributed by atoms with van der Waals surface area (Å²) in [6.45, 7) is 0. The molecule has 12 heteroatoms. The fourth-order valence-electron chi connectivity index (χ4n) is 3.39. The third-order valence-electron chi connectivity index (χ3n) is 5.18. The molecule has 168 valence electrons. The van der Waals surface area contributed by atoms with E-state index in [0.29, 0.717) is 5.82 Å². The number of halogens is 2. The van der Waals surface area contributed by atoms with Gasteiger partial charge < -0.3 is 16.0 Å². The molecule has 0 unspecified atom stereocenters. The van der Waals surface area contributed by atoms with Gasteiger partial charge in [-0.15, -0.1) is 0 Å². The fraction of sp³-hybridized carbons (Fsp3) is 0.190. The highest BCUT2D eigenvalue weighted by atomic mass is 19.1. The van der Waals surface area contributed by atoms with Crippen LogP contribution in [0.4, 0.5) is 26.1 Å². The van der Waals surface area contributed by atoms with Crippen molar-refractivity contribution in [1.29, 1.82) is 0 Å². The zero-order chi connectivity index (χ0) is 23.1. The number of pyridine rings is 2. The lowest BCUT2D eigenvalue weighted by Crippen LogP contribution is -2.27. The monoisotopic (exact) mass is 452 g/mol. The summed E-state index contributed by atoms with van der Waals surface area (Å²) in [5, 5.41) is 12.7. The molecule has 0 saturated heterocycles. The van der Waals surface area contributed by atoms with Crippen LogP contribution in [0.25, 0.3) is 11.3 Å². The van der Waals surface area contributed by atoms with Crippen LogP contribution in [-0.4, -0.2) is 49.3 Å². The zero-order valence-corrected chi connectivity index (χ0v) is 17.3. The molecular weight excluding hydrogens is 434 g/mol. The smallest absolute Gasteiger partial charge is 0.278 e. The standard InChI is InChI=1S/C21H18F2N8O2/c1-24-18-7-17(29-19-13(10-26-31(18)19)20(32)28-16-6-14(16)23)27-15-3-2-4-30(21(15)33)12-5-11(22)8-25-9-12/h2-5,7-10,14,16,24H,6H2,1H3,(H,27,29)(H,28,32)/t14-,16+/m0/s1. The number of hydrogen-bond acceptors (Lipinski definition) is 7. The topological polar surface area (TPSA) is 118 Å². The van der Waals surface area contributed by atoms with Crippen LogP contribution in [0.2, 0.25) is 0 Å². The Kier molecular flexibility index (Phi) is 4.96. The third-order valence-corrected chi connectivity index (χ3v) is 5.18. The first-order chi connectivity index (χ1) is 15.9. The summed E-state index contributed by atoms with van der Waals surface area (Å²) in [6, 6.07) is 5.47. The molecule has 2 atom stereocenters. The predicted octanol–water partition coefficient (Wildman–Crippen LogP) is 2.04. The summed E-state index contributed by atoms with van der Waals surface area (Å²) in [6.07, 6.45) is 4.51. The maximum Gasteiger partial charge on any atom is 0.278 e. The lowest BCUT2D eigenvalue weighted by molar-refractivity contribution is 0.0949. The van der Waals surface area contributed by atoms with Gasteiger partial charge in [0.05, 0.1) is 30.3 Å². The van der Waals surface area contributed by atoms with Crippen LogP contribution in [0.5, 0.6) is 0 Å². The van der Waals surface area contributed by atoms with Crippen molar-refractivity contribution in [2.24, 2.45) is 0 Å². The van der Waals surface area contributed by atoms with Crippen molar-refractivity contribution in [3.8, 4) is 5.69 Å². The van der Waals surface area contributed by atoms with Crippen LogP contribution in [0, 0.1) is 5.82 Å². The molecule has 4 heterocycles. The summed E-state index contributed by atoms with van der Waals surface area (Å²) in [7, 11) is 1.67. The van der Waals surface area contributed by atoms with Gasteiger partial charge in [-0.3, -0.25) is 19.1 Å². The van der Waals surface area contributed by atoms with Crippen LogP contribution in [0.3, 0.4) is 0 Å². The number of carbonyl (C=O) groups is 1. The minimum atomic E-state index is -1.04. The first-order valence-electron chi connectivity index (χ1n) is 10.1. The predicted molar refractivity (Wildman–Crippen MR) is 116 cm³/mol. The minimum absolute atomic E-state index is 0.171. The van der Waals surface area contributed by atoms with Crippen molar-refractivity contribution < 1.29 is 13.6 Å². The van der Waals surface area contributed by atoms with Gasteiger partial charge in [0.1, 0.15) is 34.9 Å². The summed E-state index contributed by atoms with van der Waals surface area (Å²) >= 11 is 0. The number of hydrogen-bond donors (Lipinski definition) is 3. The molecule has 4 aromatic rings. The van der Waals surface area contributed by atoms with Crippen molar-refractivity contribution >= 4 is 28.9 Å². The van der Waals surface area contributed by atoms with E-state index in [9.17, 15) is 18.4 Å². The van der Waals surface area contributed by atoms with E-state index in [0.717, 1.165) is 6.20 Å². The fourth-order valence-corrected chi connectivity index (χ4v) is 3.39. The third kappa shape index (κ3) is 3.86. The van der Waals surface area contributed by atoms with Crippen molar-refractivity contribution in [3.63, 3.8) is 0 Å². The molecule has 0 spiro atoms. The summed E-state index contributed by atoms with van der Waals surface area (Å²) in [5.41, 5.74) is 0.384. The Morgan fingerprint density at radius 2 is 2.06 bits per heavy atom. The molecule has 0 bridgehead atoms. The van der Waals surface area contributed by atoms with Gasteiger partial charge in [-0.05, 0) is 12.1 Å². The molecule has 1 saturated carbocycles. The van der Waals surface area contributed by atoms with Crippen molar-refractivity contribution in [2.45, 2.75) is 18.6 Å². The van der Waals surface area contributed by atoms with E-state index in [1.807, 2.05) is 0 Å². The van der Waals surface area contributed by atoms with Crippen LogP contribution < -0.4 is 21.5 Å². The second-order valence-electron chi connectivity index (χ2n) is 7.49. The highest BCUT2D eigenvalue weighted by Crippen LogP contribution is 2.26. The molecule has 5 rings (SSSR count). The molecule has 1 fully saturated rings. The number of rotatable bonds is 6. The summed E-state index contributed by atoms with van der Waals surface area (Å²) in [4.78, 5) is 33.8. The molecule has 0 aromatic carbocycles. The molecule has 0 aliphatic heterocycles. The van der Waals surface area contributed by atoms with Gasteiger partial charge in [0.15, 0.2) is 5.65 Å². The SMILES string of the molecule is CNc1cc(Nc2cccn(-c3cncc(F)c3)c2=O)nc2c(C(=O)N[C@@H]3C[C@@H]3F)cnn12. The Bertz CT molecular complexity index is 1430. The number of amides is 1. The van der Waals surface area contributed by atoms with Crippen LogP contribution in [-0.2, 0) is 0 Å². The van der Waals surface area contributed by atoms with Gasteiger partial charge in [0, 0.05) is 31.8 Å². The van der Waals surface area contributed by atoms with Crippen LogP contribution in [0.15, 0.2) is 53.8 Å². The van der Waals surface area contributed by atoms with E-state index in [1.165, 1.54) is 33.7 Å². The summed E-state index contributed by atoms with van der Waals surface area (Å²) < 4.78 is 29.5. The van der Waals surface area contributed by atoms with E-state index >= 15 is 0 Å². The molecule has 4 aromatic heterocycles. The van der Waals surface area contributed by atoms with Gasteiger partial charge in [-0.25, -0.2) is 13.8 Å². The average molecular weight is 452 g/mol. The van der Waals surface area contributed by atoms with Crippen LogP contribution >= 0.6 is 0 Å². The maximum absolute atomic E-state index is 13.6. The average Bonchev–Trinajstić information content (AvgIpc) is 3.31. The zero-order valence-electron chi connectivity index (χ0n) is 17.3. The molecule has 1 aliphatic carbocycles. The Morgan fingerprint density at radius 1 is 1.24 bits per heavy atom. The molecular formula is C21H18F2N8O2. The van der Waals surface area contributed by atoms with Gasteiger partial charge in [-0.2, -0.15) is 9.61 Å². The van der Waals surface area contributed by atoms with Crippen molar-refractivity contribution in [1.82, 2.24) is 29.5 Å². The molecule has 33 heavy (non-hydrogen) atoms. The Labute approximate surface area is 185 Å². The lowest BCUT2D eigenvalue weighted by atomic mass is 10.3. The first-order valence-corrected chi connectivity index (χ1v) is 10.1. The molecule has 0 radical (unpaired) electrons. The van der Waals surface area contributed by atoms with Gasteiger partial charge in [0.25, 0.3) is 11.5 Å². The number of alkyl halides is 1. The number of carbonyl (C=O) groups excluding carboxylic acids is 1. The van der Waals surface area contributed by atoms with E-state index in [1.54, 1.807) is 25.2 Å². The number of aromatic nitrogens is 5. The van der Waals surface area contributed by atoms with Gasteiger partial charge in [-0.1, -0.05) is 0 Å². The van der Waals surface area contributed by atoms with Gasteiger partial charge in [0.2, 0.25) is 0 Å². The van der Waals surface area contributed by atoms with Gasteiger partial charge >= 0.3 is 0 Å². The normalized spacial score (nSPS) is 17.1. The molecule has 3 N–H and O–H groups in total. The van der Waals surface area contributed by atoms with E-state index in [4.69, 9.17) is 0 Å². The second kappa shape index (κ2) is 7.97. The molecule has 1 aliphatic rings.